The molecular formula is C11H14O2. The van der Waals surface area contributed by atoms with Crippen molar-refractivity contribution in [2.75, 3.05) is 0 Å². The van der Waals surface area contributed by atoms with Gasteiger partial charge in [-0.15, -0.1) is 13.2 Å². The zero-order valence-electron chi connectivity index (χ0n) is 7.79. The van der Waals surface area contributed by atoms with Crippen LogP contribution in [0.15, 0.2) is 37.4 Å². The summed E-state index contributed by atoms with van der Waals surface area (Å²) in [4.78, 5) is 10.6. The molecule has 1 N–H and O–H groups in total. The summed E-state index contributed by atoms with van der Waals surface area (Å²) in [5, 5.41) is 8.91. The minimum atomic E-state index is 0.135. The van der Waals surface area contributed by atoms with Crippen LogP contribution in [0.1, 0.15) is 12.5 Å². The van der Waals surface area contributed by atoms with Gasteiger partial charge in [-0.25, -0.2) is 0 Å². The monoisotopic (exact) mass is 178 g/mol. The number of benzene rings is 1. The highest BCUT2D eigenvalue weighted by atomic mass is 16.3. The van der Waals surface area contributed by atoms with Gasteiger partial charge in [0.1, 0.15) is 11.5 Å². The molecule has 0 aromatic heterocycles. The molecule has 0 bridgehead atoms. The Balaban J connectivity index is 0.000000671. The molecule has 0 saturated carbocycles. The van der Waals surface area contributed by atoms with Gasteiger partial charge in [-0.3, -0.25) is 4.79 Å². The quantitative estimate of drug-likeness (QED) is 0.706. The SMILES string of the molecule is C=C.CC(=O)Cc1ccc(O)cc1. The van der Waals surface area contributed by atoms with Gasteiger partial charge in [-0.2, -0.15) is 0 Å². The molecule has 0 aliphatic carbocycles. The van der Waals surface area contributed by atoms with Crippen molar-refractivity contribution in [1.82, 2.24) is 0 Å². The van der Waals surface area contributed by atoms with Gasteiger partial charge >= 0.3 is 0 Å². The third-order valence-electron chi connectivity index (χ3n) is 1.39. The van der Waals surface area contributed by atoms with Crippen LogP contribution in [0.4, 0.5) is 0 Å². The fraction of sp³-hybridized carbons (Fsp3) is 0.182. The van der Waals surface area contributed by atoms with Crippen molar-refractivity contribution in [2.45, 2.75) is 13.3 Å². The highest BCUT2D eigenvalue weighted by molar-refractivity contribution is 5.78. The highest BCUT2D eigenvalue weighted by Gasteiger charge is 1.95. The normalized spacial score (nSPS) is 8.38. The summed E-state index contributed by atoms with van der Waals surface area (Å²) in [5.74, 6) is 0.369. The van der Waals surface area contributed by atoms with Gasteiger partial charge in [-0.05, 0) is 24.6 Å². The third-order valence-corrected chi connectivity index (χ3v) is 1.39. The summed E-state index contributed by atoms with van der Waals surface area (Å²) >= 11 is 0. The van der Waals surface area contributed by atoms with Crippen molar-refractivity contribution < 1.29 is 9.90 Å². The molecule has 0 unspecified atom stereocenters. The van der Waals surface area contributed by atoms with E-state index in [0.29, 0.717) is 6.42 Å². The van der Waals surface area contributed by atoms with E-state index in [1.165, 1.54) is 0 Å². The number of Topliss-reactive ketones (excluding diaryl/α,β-unsaturated/α-hetero) is 1. The summed E-state index contributed by atoms with van der Waals surface area (Å²) in [6.45, 7) is 7.55. The fourth-order valence-corrected chi connectivity index (χ4v) is 0.901. The molecule has 0 fully saturated rings. The largest absolute Gasteiger partial charge is 0.508 e. The number of aromatic hydroxyl groups is 1. The van der Waals surface area contributed by atoms with Crippen LogP contribution in [0.3, 0.4) is 0 Å². The molecule has 2 nitrogen and oxygen atoms in total. The Morgan fingerprint density at radius 1 is 1.31 bits per heavy atom. The van der Waals surface area contributed by atoms with Crippen molar-refractivity contribution in [1.29, 1.82) is 0 Å². The minimum absolute atomic E-state index is 0.135. The standard InChI is InChI=1S/C9H10O2.C2H4/c1-7(10)6-8-2-4-9(11)5-3-8;1-2/h2-5,11H,6H2,1H3;1-2H2. The molecule has 0 aliphatic rings. The molecule has 0 spiro atoms. The molecule has 0 heterocycles. The van der Waals surface area contributed by atoms with Crippen LogP contribution in [0.2, 0.25) is 0 Å². The van der Waals surface area contributed by atoms with E-state index in [-0.39, 0.29) is 11.5 Å². The number of hydrogen-bond acceptors (Lipinski definition) is 2. The van der Waals surface area contributed by atoms with Gasteiger partial charge in [0, 0.05) is 6.42 Å². The lowest BCUT2D eigenvalue weighted by atomic mass is 10.1. The lowest BCUT2D eigenvalue weighted by Gasteiger charge is -1.96. The highest BCUT2D eigenvalue weighted by Crippen LogP contribution is 2.09. The number of phenolic OH excluding ortho intramolecular Hbond substituents is 1. The second-order valence-electron chi connectivity index (χ2n) is 2.55. The second kappa shape index (κ2) is 6.00. The minimum Gasteiger partial charge on any atom is -0.508 e. The third kappa shape index (κ3) is 4.80. The molecule has 0 saturated heterocycles. The van der Waals surface area contributed by atoms with Crippen LogP contribution in [-0.4, -0.2) is 10.9 Å². The van der Waals surface area contributed by atoms with E-state index in [0.717, 1.165) is 5.56 Å². The molecule has 1 aromatic rings. The van der Waals surface area contributed by atoms with Crippen molar-refractivity contribution in [2.24, 2.45) is 0 Å². The molecule has 1 aromatic carbocycles. The van der Waals surface area contributed by atoms with E-state index < -0.39 is 0 Å². The molecule has 70 valence electrons. The fourth-order valence-electron chi connectivity index (χ4n) is 0.901. The van der Waals surface area contributed by atoms with E-state index in [9.17, 15) is 4.79 Å². The first-order valence-electron chi connectivity index (χ1n) is 3.96. The number of ketones is 1. The summed E-state index contributed by atoms with van der Waals surface area (Å²) < 4.78 is 0. The smallest absolute Gasteiger partial charge is 0.134 e. The first kappa shape index (κ1) is 11.4. The molecule has 0 atom stereocenters. The van der Waals surface area contributed by atoms with Gasteiger partial charge in [0.05, 0.1) is 0 Å². The van der Waals surface area contributed by atoms with E-state index in [2.05, 4.69) is 13.2 Å². The Labute approximate surface area is 78.5 Å². The average Bonchev–Trinajstić information content (AvgIpc) is 2.12. The molecular weight excluding hydrogens is 164 g/mol. The van der Waals surface area contributed by atoms with Gasteiger partial charge in [-0.1, -0.05) is 12.1 Å². The molecule has 0 radical (unpaired) electrons. The van der Waals surface area contributed by atoms with Gasteiger partial charge < -0.3 is 5.11 Å². The second-order valence-corrected chi connectivity index (χ2v) is 2.55. The first-order chi connectivity index (χ1) is 6.18. The first-order valence-corrected chi connectivity index (χ1v) is 3.96. The zero-order chi connectivity index (χ0) is 10.3. The van der Waals surface area contributed by atoms with Crippen LogP contribution in [0, 0.1) is 0 Å². The van der Waals surface area contributed by atoms with E-state index in [4.69, 9.17) is 5.11 Å². The van der Waals surface area contributed by atoms with Crippen LogP contribution in [0.5, 0.6) is 5.75 Å². The van der Waals surface area contributed by atoms with Gasteiger partial charge in [0.15, 0.2) is 0 Å². The maximum Gasteiger partial charge on any atom is 0.134 e. The van der Waals surface area contributed by atoms with Gasteiger partial charge in [0.25, 0.3) is 0 Å². The van der Waals surface area contributed by atoms with Crippen molar-refractivity contribution in [3.8, 4) is 5.75 Å². The molecule has 2 heteroatoms. The van der Waals surface area contributed by atoms with Crippen LogP contribution >= 0.6 is 0 Å². The molecule has 0 aliphatic heterocycles. The summed E-state index contributed by atoms with van der Waals surface area (Å²) in [6, 6.07) is 6.66. The number of carbonyl (C=O) groups is 1. The van der Waals surface area contributed by atoms with Crippen LogP contribution in [-0.2, 0) is 11.2 Å². The van der Waals surface area contributed by atoms with E-state index in [1.54, 1.807) is 31.2 Å². The van der Waals surface area contributed by atoms with Crippen LogP contribution < -0.4 is 0 Å². The molecule has 13 heavy (non-hydrogen) atoms. The summed E-state index contributed by atoms with van der Waals surface area (Å²) in [6.07, 6.45) is 0.445. The maximum atomic E-state index is 10.6. The summed E-state index contributed by atoms with van der Waals surface area (Å²) in [7, 11) is 0. The van der Waals surface area contributed by atoms with Crippen molar-refractivity contribution >= 4 is 5.78 Å². The number of hydrogen-bond donors (Lipinski definition) is 1. The number of carbonyl (C=O) groups excluding carboxylic acids is 1. The maximum absolute atomic E-state index is 10.6. The van der Waals surface area contributed by atoms with Crippen LogP contribution in [0.25, 0.3) is 0 Å². The number of rotatable bonds is 2. The summed E-state index contributed by atoms with van der Waals surface area (Å²) in [5.41, 5.74) is 0.940. The van der Waals surface area contributed by atoms with Gasteiger partial charge in [0.2, 0.25) is 0 Å². The molecule has 0 amide bonds. The lowest BCUT2D eigenvalue weighted by molar-refractivity contribution is -0.116. The predicted molar refractivity (Wildman–Crippen MR) is 53.7 cm³/mol. The van der Waals surface area contributed by atoms with E-state index >= 15 is 0 Å². The lowest BCUT2D eigenvalue weighted by Crippen LogP contribution is -1.94. The predicted octanol–water partition coefficient (Wildman–Crippen LogP) is 2.33. The van der Waals surface area contributed by atoms with E-state index in [1.807, 2.05) is 0 Å². The number of phenols is 1. The zero-order valence-corrected chi connectivity index (χ0v) is 7.79. The Bertz CT molecular complexity index is 262. The Hall–Kier alpha value is -1.57. The molecule has 1 rings (SSSR count). The van der Waals surface area contributed by atoms with Crippen molar-refractivity contribution in [3.05, 3.63) is 43.0 Å². The Kier molecular flexibility index (Phi) is 5.28. The topological polar surface area (TPSA) is 37.3 Å². The van der Waals surface area contributed by atoms with Crippen molar-refractivity contribution in [3.63, 3.8) is 0 Å². The Morgan fingerprint density at radius 2 is 1.77 bits per heavy atom. The Morgan fingerprint density at radius 3 is 2.15 bits per heavy atom. The average molecular weight is 178 g/mol.